The maximum absolute atomic E-state index is 14.1. The number of nitrogens with zero attached hydrogens (tertiary/aromatic N) is 2. The van der Waals surface area contributed by atoms with Crippen LogP contribution in [0, 0.1) is 0 Å². The molecule has 0 aromatic heterocycles. The van der Waals surface area contributed by atoms with Gasteiger partial charge in [0.2, 0.25) is 0 Å². The summed E-state index contributed by atoms with van der Waals surface area (Å²) in [5, 5.41) is 14.1. The molecular formula is C32H30Cl2N3NaO4. The molecule has 1 fully saturated rings. The molecule has 1 heterocycles. The van der Waals surface area contributed by atoms with Crippen molar-refractivity contribution in [3.8, 4) is 0 Å². The van der Waals surface area contributed by atoms with Crippen LogP contribution in [0.3, 0.4) is 0 Å². The van der Waals surface area contributed by atoms with Crippen molar-refractivity contribution >= 4 is 46.7 Å². The van der Waals surface area contributed by atoms with Crippen molar-refractivity contribution in [3.05, 3.63) is 105 Å². The number of aliphatic carboxylic acids is 1. The van der Waals surface area contributed by atoms with E-state index in [1.165, 1.54) is 5.56 Å². The van der Waals surface area contributed by atoms with E-state index in [1.54, 1.807) is 30.3 Å². The quantitative estimate of drug-likeness (QED) is 0.394. The van der Waals surface area contributed by atoms with Crippen LogP contribution in [-0.4, -0.2) is 40.6 Å². The Labute approximate surface area is 277 Å². The summed E-state index contributed by atoms with van der Waals surface area (Å²) in [6, 6.07) is 22.2. The molecule has 5 rings (SSSR count). The molecule has 3 aromatic rings. The van der Waals surface area contributed by atoms with E-state index in [9.17, 15) is 19.5 Å². The second-order valence-corrected chi connectivity index (χ2v) is 11.5. The number of amides is 2. The van der Waals surface area contributed by atoms with E-state index in [0.29, 0.717) is 45.6 Å². The molecule has 1 spiro atoms. The zero-order valence-electron chi connectivity index (χ0n) is 23.6. The Kier molecular flexibility index (Phi) is 10.5. The summed E-state index contributed by atoms with van der Waals surface area (Å²) in [4.78, 5) is 44.2. The van der Waals surface area contributed by atoms with E-state index < -0.39 is 11.6 Å². The van der Waals surface area contributed by atoms with Crippen LogP contribution < -0.4 is 40.0 Å². The first-order valence-corrected chi connectivity index (χ1v) is 14.5. The fourth-order valence-electron chi connectivity index (χ4n) is 5.96. The van der Waals surface area contributed by atoms with Gasteiger partial charge < -0.3 is 20.1 Å². The minimum atomic E-state index is -1.22. The smallest absolute Gasteiger partial charge is 0.550 e. The summed E-state index contributed by atoms with van der Waals surface area (Å²) < 4.78 is 0. The number of hydrogen-bond acceptors (Lipinski definition) is 5. The molecule has 1 saturated carbocycles. The van der Waals surface area contributed by atoms with Gasteiger partial charge in [0.05, 0.1) is 6.04 Å². The SMILES string of the molecule is C[C@H](c1ccc(C(=O)NCCC(=O)[O-])cc1)N1C(=O)C(c2cc(Cl)cc(Cl)c2)=NC12CCC(c1ccccc1)CC2.[Na+]. The molecule has 0 saturated heterocycles. The van der Waals surface area contributed by atoms with Gasteiger partial charge in [0, 0.05) is 40.1 Å². The molecule has 212 valence electrons. The largest absolute Gasteiger partial charge is 1.00 e. The number of hydrogen-bond donors (Lipinski definition) is 1. The van der Waals surface area contributed by atoms with Crippen LogP contribution in [0.5, 0.6) is 0 Å². The number of carboxylic acid groups (broad SMARTS) is 1. The van der Waals surface area contributed by atoms with E-state index >= 15 is 0 Å². The molecular weight excluding hydrogens is 584 g/mol. The molecule has 0 unspecified atom stereocenters. The molecule has 2 amide bonds. The Balaban J connectivity index is 0.00000405. The molecule has 1 aliphatic heterocycles. The average molecular weight is 615 g/mol. The number of rotatable bonds is 8. The van der Waals surface area contributed by atoms with E-state index in [-0.39, 0.29) is 60.4 Å². The molecule has 1 N–H and O–H groups in total. The molecule has 7 nitrogen and oxygen atoms in total. The predicted molar refractivity (Wildman–Crippen MR) is 157 cm³/mol. The minimum Gasteiger partial charge on any atom is -0.550 e. The third-order valence-electron chi connectivity index (χ3n) is 8.04. The van der Waals surface area contributed by atoms with Crippen LogP contribution in [0.1, 0.15) is 78.0 Å². The van der Waals surface area contributed by atoms with Crippen molar-refractivity contribution in [3.63, 3.8) is 0 Å². The second kappa shape index (κ2) is 13.7. The Morgan fingerprint density at radius 1 is 1.02 bits per heavy atom. The molecule has 0 radical (unpaired) electrons. The van der Waals surface area contributed by atoms with E-state index in [0.717, 1.165) is 18.4 Å². The van der Waals surface area contributed by atoms with Gasteiger partial charge in [0.1, 0.15) is 11.4 Å². The maximum atomic E-state index is 14.1. The van der Waals surface area contributed by atoms with Gasteiger partial charge in [0.25, 0.3) is 11.8 Å². The van der Waals surface area contributed by atoms with Crippen LogP contribution in [0.25, 0.3) is 0 Å². The Bertz CT molecular complexity index is 1470. The van der Waals surface area contributed by atoms with Gasteiger partial charge in [-0.2, -0.15) is 0 Å². The van der Waals surface area contributed by atoms with Gasteiger partial charge in [-0.25, -0.2) is 0 Å². The molecule has 3 aromatic carbocycles. The van der Waals surface area contributed by atoms with Crippen molar-refractivity contribution in [1.82, 2.24) is 10.2 Å². The molecule has 0 bridgehead atoms. The number of benzene rings is 3. The Hall–Kier alpha value is -2.68. The number of carboxylic acids is 1. The van der Waals surface area contributed by atoms with Crippen molar-refractivity contribution in [2.75, 3.05) is 6.54 Å². The third-order valence-corrected chi connectivity index (χ3v) is 8.48. The van der Waals surface area contributed by atoms with Crippen molar-refractivity contribution < 1.29 is 49.0 Å². The van der Waals surface area contributed by atoms with Crippen LogP contribution >= 0.6 is 23.2 Å². The summed E-state index contributed by atoms with van der Waals surface area (Å²) >= 11 is 12.6. The third kappa shape index (κ3) is 6.92. The summed E-state index contributed by atoms with van der Waals surface area (Å²) in [7, 11) is 0. The van der Waals surface area contributed by atoms with Crippen LogP contribution in [0.2, 0.25) is 10.0 Å². The fourth-order valence-corrected chi connectivity index (χ4v) is 6.49. The van der Waals surface area contributed by atoms with Crippen molar-refractivity contribution in [1.29, 1.82) is 0 Å². The number of aliphatic imine (C=N–C) groups is 1. The number of halogens is 2. The van der Waals surface area contributed by atoms with E-state index in [2.05, 4.69) is 29.6 Å². The van der Waals surface area contributed by atoms with Gasteiger partial charge in [-0.3, -0.25) is 14.6 Å². The zero-order valence-corrected chi connectivity index (χ0v) is 27.1. The van der Waals surface area contributed by atoms with Crippen LogP contribution in [0.4, 0.5) is 0 Å². The topological polar surface area (TPSA) is 102 Å². The average Bonchev–Trinajstić information content (AvgIpc) is 3.24. The predicted octanol–water partition coefficient (Wildman–Crippen LogP) is 2.31. The standard InChI is InChI=1S/C32H31Cl2N3O4.Na/c1-20(21-7-9-24(10-8-21)30(40)35-16-13-28(38)39)37-31(41)29(25-17-26(33)19-27(34)18-25)36-32(37)14-11-23(12-15-32)22-5-3-2-4-6-22;/h2-10,17-20,23H,11-16H2,1H3,(H,35,40)(H,38,39);/q;+1/p-1/t20-,23?,32?;/m1./s1. The summed E-state index contributed by atoms with van der Waals surface area (Å²) in [5.74, 6) is -1.39. The van der Waals surface area contributed by atoms with Crippen LogP contribution in [0.15, 0.2) is 77.8 Å². The normalized spacial score (nSPS) is 20.5. The number of carbonyl (C=O) groups excluding carboxylic acids is 3. The van der Waals surface area contributed by atoms with Crippen molar-refractivity contribution in [2.45, 2.75) is 56.7 Å². The number of carbonyl (C=O) groups is 3. The molecule has 10 heteroatoms. The van der Waals surface area contributed by atoms with Gasteiger partial charge in [0.15, 0.2) is 0 Å². The molecule has 42 heavy (non-hydrogen) atoms. The Morgan fingerprint density at radius 2 is 1.64 bits per heavy atom. The van der Waals surface area contributed by atoms with Crippen molar-refractivity contribution in [2.24, 2.45) is 4.99 Å². The minimum absolute atomic E-state index is 0. The summed E-state index contributed by atoms with van der Waals surface area (Å²) in [6.45, 7) is 1.96. The fraction of sp³-hybridized carbons (Fsp3) is 0.312. The van der Waals surface area contributed by atoms with E-state index in [4.69, 9.17) is 28.2 Å². The van der Waals surface area contributed by atoms with E-state index in [1.807, 2.05) is 30.0 Å². The van der Waals surface area contributed by atoms with Crippen LogP contribution in [-0.2, 0) is 9.59 Å². The first kappa shape index (κ1) is 32.2. The zero-order chi connectivity index (χ0) is 29.1. The first-order chi connectivity index (χ1) is 19.7. The first-order valence-electron chi connectivity index (χ1n) is 13.7. The van der Waals surface area contributed by atoms with Gasteiger partial charge >= 0.3 is 29.6 Å². The number of nitrogens with one attached hydrogen (secondary N) is 1. The Morgan fingerprint density at radius 3 is 2.24 bits per heavy atom. The molecule has 1 atom stereocenters. The molecule has 2 aliphatic rings. The van der Waals surface area contributed by atoms with Gasteiger partial charge in [-0.1, -0.05) is 65.7 Å². The van der Waals surface area contributed by atoms with Gasteiger partial charge in [-0.15, -0.1) is 0 Å². The summed E-state index contributed by atoms with van der Waals surface area (Å²) in [5.41, 5.74) is 2.78. The molecule has 1 aliphatic carbocycles. The monoisotopic (exact) mass is 613 g/mol. The maximum Gasteiger partial charge on any atom is 1.00 e. The second-order valence-electron chi connectivity index (χ2n) is 10.6. The van der Waals surface area contributed by atoms with Gasteiger partial charge in [-0.05, 0) is 80.0 Å². The summed E-state index contributed by atoms with van der Waals surface area (Å²) in [6.07, 6.45) is 2.93.